The summed E-state index contributed by atoms with van der Waals surface area (Å²) in [6.45, 7) is 4.76. The van der Waals surface area contributed by atoms with Crippen LogP contribution < -0.4 is 9.80 Å². The van der Waals surface area contributed by atoms with Gasteiger partial charge in [-0.1, -0.05) is 305 Å². The van der Waals surface area contributed by atoms with E-state index in [1.54, 1.807) is 0 Å². The second-order valence-electron chi connectivity index (χ2n) is 32.7. The Morgan fingerprint density at radius 3 is 1.38 bits per heavy atom. The third kappa shape index (κ3) is 11.3. The van der Waals surface area contributed by atoms with E-state index in [9.17, 15) is 0 Å². The standard InChI is InChI=1S/C65H41N3O.C50H35N3/c1-3-15-42(16-4-1)44-27-32-48(33-28-44)67(60-40-47(43-17-5-2-6-18-43)39-57-54-23-13-14-26-61(54)69-65(57)60)50-36-37-58(66-41-50)46-29-34-49(35-30-46)68-59-38-31-45-19-7-8-20-51(45)62(59)63-55-24-11-9-21-52(55)53-22-10-12-25-56(53)64(63)68;1-50(2)43-29-36(52(35-15-4-3-5-16-35)38-28-34-14-8-11-19-45(34)51-31-38)22-24-41(43)42-25-23-37(30-44(42)50)53-46-26-20-32-12-6-9-17-39(32)48(46)49-40-18-10-7-13-33(40)21-27-47(49)53/h1-41H;3-31H,1-2H3. The molecular formula is C115H76N6O. The fourth-order valence-electron chi connectivity index (χ4n) is 19.8. The Bertz CT molecular complexity index is 8240. The number of hydrogen-bond donors (Lipinski definition) is 0. The van der Waals surface area contributed by atoms with Crippen LogP contribution in [0, 0.1) is 0 Å². The van der Waals surface area contributed by atoms with Gasteiger partial charge in [-0.25, -0.2) is 0 Å². The molecule has 122 heavy (non-hydrogen) atoms. The summed E-state index contributed by atoms with van der Waals surface area (Å²) >= 11 is 0. The van der Waals surface area contributed by atoms with Crippen molar-refractivity contribution in [2.75, 3.05) is 9.80 Å². The summed E-state index contributed by atoms with van der Waals surface area (Å²) in [5.41, 5.74) is 27.5. The normalized spacial score (nSPS) is 12.4. The van der Waals surface area contributed by atoms with Crippen molar-refractivity contribution >= 4 is 164 Å². The van der Waals surface area contributed by atoms with E-state index in [2.05, 4.69) is 433 Å². The van der Waals surface area contributed by atoms with E-state index in [1.165, 1.54) is 131 Å². The number of anilines is 6. The lowest BCUT2D eigenvalue weighted by atomic mass is 9.82. The second-order valence-corrected chi connectivity index (χ2v) is 32.7. The number of hydrogen-bond acceptors (Lipinski definition) is 5. The van der Waals surface area contributed by atoms with Crippen LogP contribution >= 0.6 is 0 Å². The smallest absolute Gasteiger partial charge is 0.159 e. The summed E-state index contributed by atoms with van der Waals surface area (Å²) in [5.74, 6) is 0. The number of fused-ring (bicyclic) bond motifs is 24. The molecule has 0 radical (unpaired) electrons. The zero-order valence-corrected chi connectivity index (χ0v) is 67.0. The van der Waals surface area contributed by atoms with E-state index < -0.39 is 0 Å². The lowest BCUT2D eigenvalue weighted by molar-refractivity contribution is 0.660. The highest BCUT2D eigenvalue weighted by Gasteiger charge is 2.37. The average molecular weight is 1560 g/mol. The average Bonchev–Trinajstić information content (AvgIpc) is 1.55. The molecule has 0 amide bonds. The Balaban J connectivity index is 0.000000143. The zero-order chi connectivity index (χ0) is 80.7. The van der Waals surface area contributed by atoms with E-state index in [0.29, 0.717) is 0 Å². The van der Waals surface area contributed by atoms with Crippen LogP contribution in [0.4, 0.5) is 34.1 Å². The van der Waals surface area contributed by atoms with Gasteiger partial charge in [0.1, 0.15) is 5.58 Å². The summed E-state index contributed by atoms with van der Waals surface area (Å²) < 4.78 is 11.7. The fourth-order valence-corrected chi connectivity index (χ4v) is 19.8. The van der Waals surface area contributed by atoms with Gasteiger partial charge in [0.25, 0.3) is 0 Å². The Morgan fingerprint density at radius 2 is 0.738 bits per heavy atom. The van der Waals surface area contributed by atoms with Crippen molar-refractivity contribution in [2.45, 2.75) is 19.3 Å². The van der Waals surface area contributed by atoms with Crippen LogP contribution in [0.15, 0.2) is 429 Å². The van der Waals surface area contributed by atoms with Gasteiger partial charge in [0.2, 0.25) is 0 Å². The predicted octanol–water partition coefficient (Wildman–Crippen LogP) is 31.4. The Labute approximate surface area is 704 Å². The molecule has 5 aromatic heterocycles. The molecule has 0 atom stereocenters. The summed E-state index contributed by atoms with van der Waals surface area (Å²) in [4.78, 5) is 14.7. The monoisotopic (exact) mass is 1560 g/mol. The van der Waals surface area contributed by atoms with Crippen LogP contribution in [0.3, 0.4) is 0 Å². The van der Waals surface area contributed by atoms with Crippen molar-refractivity contribution in [3.05, 3.63) is 436 Å². The summed E-state index contributed by atoms with van der Waals surface area (Å²) in [6.07, 6.45) is 3.99. The molecule has 7 nitrogen and oxygen atoms in total. The van der Waals surface area contributed by atoms with Crippen molar-refractivity contribution in [1.29, 1.82) is 0 Å². The predicted molar refractivity (Wildman–Crippen MR) is 513 cm³/mol. The highest BCUT2D eigenvalue weighted by molar-refractivity contribution is 6.36. The molecule has 572 valence electrons. The Kier molecular flexibility index (Phi) is 16.2. The van der Waals surface area contributed by atoms with Crippen LogP contribution in [-0.2, 0) is 5.41 Å². The van der Waals surface area contributed by atoms with Gasteiger partial charge in [-0.05, 0) is 214 Å². The van der Waals surface area contributed by atoms with Gasteiger partial charge < -0.3 is 23.4 Å². The number of furan rings is 1. The van der Waals surface area contributed by atoms with Crippen molar-refractivity contribution in [3.63, 3.8) is 0 Å². The Hall–Kier alpha value is -16.0. The molecule has 0 saturated heterocycles. The van der Waals surface area contributed by atoms with Crippen molar-refractivity contribution in [2.24, 2.45) is 0 Å². The molecule has 1 aliphatic carbocycles. The number of pyridine rings is 2. The maximum atomic E-state index is 6.78. The number of benzene rings is 19. The molecule has 0 saturated carbocycles. The van der Waals surface area contributed by atoms with Gasteiger partial charge >= 0.3 is 0 Å². The minimum Gasteiger partial charge on any atom is -0.454 e. The number of para-hydroxylation sites is 3. The van der Waals surface area contributed by atoms with E-state index in [1.807, 2.05) is 24.5 Å². The minimum absolute atomic E-state index is 0.223. The van der Waals surface area contributed by atoms with Gasteiger partial charge in [0.05, 0.1) is 62.7 Å². The number of nitrogens with zero attached hydrogens (tertiary/aromatic N) is 6. The molecule has 19 aromatic carbocycles. The largest absolute Gasteiger partial charge is 0.454 e. The van der Waals surface area contributed by atoms with Crippen molar-refractivity contribution < 1.29 is 4.42 Å². The van der Waals surface area contributed by atoms with Gasteiger partial charge in [0.15, 0.2) is 5.58 Å². The molecule has 0 fully saturated rings. The number of rotatable bonds is 11. The molecule has 0 aliphatic heterocycles. The van der Waals surface area contributed by atoms with Crippen LogP contribution in [0.1, 0.15) is 25.0 Å². The number of aromatic nitrogens is 4. The molecule has 0 bridgehead atoms. The maximum absolute atomic E-state index is 6.78. The highest BCUT2D eigenvalue weighted by atomic mass is 16.3. The lowest BCUT2D eigenvalue weighted by Crippen LogP contribution is -2.17. The minimum atomic E-state index is -0.223. The van der Waals surface area contributed by atoms with Gasteiger partial charge in [-0.3, -0.25) is 9.97 Å². The molecule has 0 N–H and O–H groups in total. The first-order chi connectivity index (χ1) is 60.3. The molecule has 5 heterocycles. The van der Waals surface area contributed by atoms with E-state index in [-0.39, 0.29) is 5.41 Å². The topological polar surface area (TPSA) is 55.3 Å². The zero-order valence-electron chi connectivity index (χ0n) is 67.0. The van der Waals surface area contributed by atoms with Crippen LogP contribution in [0.2, 0.25) is 0 Å². The van der Waals surface area contributed by atoms with Crippen molar-refractivity contribution in [3.8, 4) is 56.0 Å². The quantitative estimate of drug-likeness (QED) is 0.121. The first-order valence-corrected chi connectivity index (χ1v) is 41.9. The molecule has 0 spiro atoms. The lowest BCUT2D eigenvalue weighted by Gasteiger charge is -2.28. The van der Waals surface area contributed by atoms with Gasteiger partial charge in [-0.15, -0.1) is 0 Å². The van der Waals surface area contributed by atoms with E-state index in [4.69, 9.17) is 14.4 Å². The van der Waals surface area contributed by atoms with Crippen molar-refractivity contribution in [1.82, 2.24) is 19.1 Å². The molecule has 24 aromatic rings. The molecule has 25 rings (SSSR count). The molecule has 7 heteroatoms. The van der Waals surface area contributed by atoms with E-state index >= 15 is 0 Å². The highest BCUT2D eigenvalue weighted by Crippen LogP contribution is 2.54. The van der Waals surface area contributed by atoms with Gasteiger partial charge in [-0.2, -0.15) is 0 Å². The van der Waals surface area contributed by atoms with E-state index in [0.717, 1.165) is 101 Å². The van der Waals surface area contributed by atoms with Crippen LogP contribution in [-0.4, -0.2) is 19.1 Å². The fraction of sp³-hybridized carbons (Fsp3) is 0.0261. The summed E-state index contributed by atoms with van der Waals surface area (Å²) in [7, 11) is 0. The maximum Gasteiger partial charge on any atom is 0.159 e. The Morgan fingerprint density at radius 1 is 0.270 bits per heavy atom. The summed E-state index contributed by atoms with van der Waals surface area (Å²) in [5, 5.41) is 21.1. The molecular weight excluding hydrogens is 1480 g/mol. The molecule has 0 unspecified atom stereocenters. The third-order valence-electron chi connectivity index (χ3n) is 25.5. The molecule has 1 aliphatic rings. The SMILES string of the molecule is CC1(C)c2cc(N(c3ccccc3)c3cnc4ccccc4c3)ccc2-c2ccc(-n3c4ccc5ccccc5c4c4c5ccccc5ccc43)cc21.c1ccc(-c2ccc(N(c3ccc(-c4ccc(-n5c6ccc7ccccc7c6c6c7ccccc7c7ccccc7c65)cc4)nc3)c3cc(-c4ccccc4)cc4c3oc3ccccc34)cc2)cc1. The first kappa shape index (κ1) is 70.3. The third-order valence-corrected chi connectivity index (χ3v) is 25.5. The van der Waals surface area contributed by atoms with Crippen LogP contribution in [0.25, 0.3) is 186 Å². The van der Waals surface area contributed by atoms with Gasteiger partial charge in [0, 0.05) is 82.5 Å². The second kappa shape index (κ2) is 28.1. The summed E-state index contributed by atoms with van der Waals surface area (Å²) in [6, 6.07) is 149. The van der Waals surface area contributed by atoms with Crippen LogP contribution in [0.5, 0.6) is 0 Å². The first-order valence-electron chi connectivity index (χ1n) is 41.9.